The molecule has 11 heteroatoms. The van der Waals surface area contributed by atoms with E-state index in [4.69, 9.17) is 23.2 Å². The Morgan fingerprint density at radius 2 is 1.78 bits per heavy atom. The van der Waals surface area contributed by atoms with E-state index in [2.05, 4.69) is 70.6 Å². The molecule has 0 saturated carbocycles. The number of carbonyl (C=O) groups is 1. The highest BCUT2D eigenvalue weighted by molar-refractivity contribution is 7.13. The van der Waals surface area contributed by atoms with Crippen LogP contribution in [0.1, 0.15) is 30.7 Å². The first-order chi connectivity index (χ1) is 16.4. The molecule has 0 spiro atoms. The van der Waals surface area contributed by atoms with Crippen LogP contribution in [-0.2, 0) is 19.5 Å². The number of nitrogens with zero attached hydrogens (tertiary/aromatic N) is 3. The van der Waals surface area contributed by atoms with Crippen molar-refractivity contribution in [2.24, 2.45) is 0 Å². The number of hydrogen-bond donors (Lipinski definition) is 2. The van der Waals surface area contributed by atoms with Gasteiger partial charge in [-0.15, -0.1) is 36.2 Å². The zero-order valence-corrected chi connectivity index (χ0v) is 24.6. The summed E-state index contributed by atoms with van der Waals surface area (Å²) in [5, 5.41) is 9.10. The van der Waals surface area contributed by atoms with Crippen LogP contribution in [0.4, 0.5) is 15.6 Å². The number of thiazole rings is 1. The van der Waals surface area contributed by atoms with Crippen LogP contribution in [0.15, 0.2) is 47.8 Å². The molecule has 3 aromatic rings. The van der Waals surface area contributed by atoms with Crippen molar-refractivity contribution in [3.8, 4) is 0 Å². The minimum atomic E-state index is -0.318. The zero-order chi connectivity index (χ0) is 24.5. The number of halogens is 4. The summed E-state index contributed by atoms with van der Waals surface area (Å²) in [6, 6.07) is 13.5. The number of likely N-dealkylation sites (N-methyl/N-ethyl adjacent to an activating group) is 1. The molecule has 6 nitrogen and oxygen atoms in total. The lowest BCUT2D eigenvalue weighted by Gasteiger charge is -2.23. The molecule has 3 rings (SSSR count). The second-order valence-corrected chi connectivity index (χ2v) is 9.63. The number of amides is 2. The Balaban J connectivity index is 0.00000324. The van der Waals surface area contributed by atoms with Gasteiger partial charge in [0.1, 0.15) is 0 Å². The smallest absolute Gasteiger partial charge is 0.321 e. The maximum Gasteiger partial charge on any atom is 0.321 e. The molecule has 2 amide bonds. The summed E-state index contributed by atoms with van der Waals surface area (Å²) in [6.07, 6.45) is 1.01. The fraction of sp³-hybridized carbons (Fsp3) is 0.360. The lowest BCUT2D eigenvalue weighted by atomic mass is 10.1. The first-order valence-electron chi connectivity index (χ1n) is 11.3. The summed E-state index contributed by atoms with van der Waals surface area (Å²) in [5.74, 6) is 0. The van der Waals surface area contributed by atoms with Crippen molar-refractivity contribution in [3.63, 3.8) is 0 Å². The van der Waals surface area contributed by atoms with Crippen LogP contribution in [0.2, 0.25) is 10.0 Å². The average molecular weight is 593 g/mol. The molecule has 0 atom stereocenters. The van der Waals surface area contributed by atoms with Gasteiger partial charge in [0.25, 0.3) is 0 Å². The predicted octanol–water partition coefficient (Wildman–Crippen LogP) is 7.14. The Morgan fingerprint density at radius 1 is 1.06 bits per heavy atom. The summed E-state index contributed by atoms with van der Waals surface area (Å²) >= 11 is 13.4. The Hall–Kier alpha value is -1.74. The topological polar surface area (TPSA) is 60.5 Å². The third-order valence-electron chi connectivity index (χ3n) is 5.60. The number of anilines is 2. The second-order valence-electron chi connectivity index (χ2n) is 7.96. The highest BCUT2D eigenvalue weighted by atomic mass is 35.5. The Kier molecular flexibility index (Phi) is 14.5. The van der Waals surface area contributed by atoms with Gasteiger partial charge in [-0.3, -0.25) is 5.32 Å². The average Bonchev–Trinajstić information content (AvgIpc) is 3.27. The Morgan fingerprint density at radius 3 is 2.47 bits per heavy atom. The molecule has 0 bridgehead atoms. The van der Waals surface area contributed by atoms with Gasteiger partial charge in [-0.1, -0.05) is 61.3 Å². The summed E-state index contributed by atoms with van der Waals surface area (Å²) < 4.78 is 0. The van der Waals surface area contributed by atoms with Gasteiger partial charge in [-0.25, -0.2) is 9.78 Å². The van der Waals surface area contributed by atoms with Crippen LogP contribution < -0.4 is 15.5 Å². The molecule has 1 aromatic heterocycles. The van der Waals surface area contributed by atoms with Crippen LogP contribution in [-0.4, -0.2) is 42.6 Å². The van der Waals surface area contributed by atoms with Crippen molar-refractivity contribution in [2.75, 3.05) is 36.9 Å². The molecule has 198 valence electrons. The van der Waals surface area contributed by atoms with E-state index in [-0.39, 0.29) is 30.8 Å². The summed E-state index contributed by atoms with van der Waals surface area (Å²) in [5.41, 5.74) is 4.31. The van der Waals surface area contributed by atoms with E-state index in [0.717, 1.165) is 37.3 Å². The monoisotopic (exact) mass is 591 g/mol. The normalized spacial score (nSPS) is 10.4. The number of benzene rings is 2. The maximum atomic E-state index is 12.3. The van der Waals surface area contributed by atoms with Crippen molar-refractivity contribution >= 4 is 76.2 Å². The van der Waals surface area contributed by atoms with E-state index in [9.17, 15) is 4.79 Å². The van der Waals surface area contributed by atoms with Gasteiger partial charge < -0.3 is 15.1 Å². The molecule has 1 heterocycles. The molecule has 0 aliphatic rings. The first-order valence-corrected chi connectivity index (χ1v) is 13.0. The van der Waals surface area contributed by atoms with Crippen LogP contribution in [0, 0.1) is 0 Å². The van der Waals surface area contributed by atoms with E-state index in [0.29, 0.717) is 28.3 Å². The van der Waals surface area contributed by atoms with Gasteiger partial charge in [-0.05, 0) is 48.8 Å². The molecule has 0 aliphatic heterocycles. The van der Waals surface area contributed by atoms with E-state index in [1.54, 1.807) is 12.1 Å². The molecule has 36 heavy (non-hydrogen) atoms. The molecule has 0 aliphatic carbocycles. The molecule has 2 aromatic carbocycles. The molecule has 0 saturated heterocycles. The third-order valence-corrected chi connectivity index (χ3v) is 7.15. The SMILES string of the molecule is CCN(CC)CCc1ccccc1N(C)Cc1csc(NC(=O)NCc2ccc(Cl)c(Cl)c2)n1.Cl.Cl. The summed E-state index contributed by atoms with van der Waals surface area (Å²) in [7, 11) is 2.08. The number of carbonyl (C=O) groups excluding carboxylic acids is 1. The third kappa shape index (κ3) is 9.61. The van der Waals surface area contributed by atoms with E-state index in [1.807, 2.05) is 11.4 Å². The second kappa shape index (κ2) is 16.2. The molecular formula is C25H33Cl4N5OS. The Bertz CT molecular complexity index is 1090. The van der Waals surface area contributed by atoms with Crippen molar-refractivity contribution in [3.05, 3.63) is 74.7 Å². The van der Waals surface area contributed by atoms with Crippen molar-refractivity contribution in [1.82, 2.24) is 15.2 Å². The fourth-order valence-corrected chi connectivity index (χ4v) is 4.67. The number of hydrogen-bond acceptors (Lipinski definition) is 5. The van der Waals surface area contributed by atoms with Gasteiger partial charge in [0, 0.05) is 31.2 Å². The molecule has 0 fully saturated rings. The molecule has 2 N–H and O–H groups in total. The van der Waals surface area contributed by atoms with Crippen LogP contribution >= 0.6 is 59.4 Å². The minimum Gasteiger partial charge on any atom is -0.368 e. The molecular weight excluding hydrogens is 560 g/mol. The largest absolute Gasteiger partial charge is 0.368 e. The minimum absolute atomic E-state index is 0. The number of para-hydroxylation sites is 1. The van der Waals surface area contributed by atoms with Gasteiger partial charge in [0.15, 0.2) is 5.13 Å². The predicted molar refractivity (Wildman–Crippen MR) is 159 cm³/mol. The van der Waals surface area contributed by atoms with Gasteiger partial charge in [0.2, 0.25) is 0 Å². The maximum absolute atomic E-state index is 12.3. The quantitative estimate of drug-likeness (QED) is 0.248. The zero-order valence-electron chi connectivity index (χ0n) is 20.6. The van der Waals surface area contributed by atoms with Crippen molar-refractivity contribution in [2.45, 2.75) is 33.4 Å². The summed E-state index contributed by atoms with van der Waals surface area (Å²) in [4.78, 5) is 21.5. The van der Waals surface area contributed by atoms with Crippen molar-refractivity contribution in [1.29, 1.82) is 0 Å². The molecule has 0 unspecified atom stereocenters. The summed E-state index contributed by atoms with van der Waals surface area (Å²) in [6.45, 7) is 8.56. The van der Waals surface area contributed by atoms with E-state index >= 15 is 0 Å². The lowest BCUT2D eigenvalue weighted by molar-refractivity contribution is 0.251. The van der Waals surface area contributed by atoms with Crippen LogP contribution in [0.3, 0.4) is 0 Å². The fourth-order valence-electron chi connectivity index (χ4n) is 3.65. The van der Waals surface area contributed by atoms with Crippen LogP contribution in [0.25, 0.3) is 0 Å². The highest BCUT2D eigenvalue weighted by Crippen LogP contribution is 2.24. The van der Waals surface area contributed by atoms with Gasteiger partial charge in [0.05, 0.1) is 22.3 Å². The van der Waals surface area contributed by atoms with Gasteiger partial charge >= 0.3 is 6.03 Å². The number of aromatic nitrogens is 1. The standard InChI is InChI=1S/C25H31Cl2N5OS.2ClH/c1-4-32(5-2)13-12-19-8-6-7-9-23(19)31(3)16-20-17-34-25(29-20)30-24(33)28-15-18-10-11-21(26)22(27)14-18;;/h6-11,14,17H,4-5,12-13,15-16H2,1-3H3,(H2,28,29,30,33);2*1H. The highest BCUT2D eigenvalue weighted by Gasteiger charge is 2.12. The number of nitrogens with one attached hydrogen (secondary N) is 2. The van der Waals surface area contributed by atoms with Crippen molar-refractivity contribution < 1.29 is 4.79 Å². The Labute approximate surface area is 240 Å². The number of rotatable bonds is 11. The van der Waals surface area contributed by atoms with E-state index < -0.39 is 0 Å². The van der Waals surface area contributed by atoms with E-state index in [1.165, 1.54) is 22.6 Å². The van der Waals surface area contributed by atoms with Crippen LogP contribution in [0.5, 0.6) is 0 Å². The number of urea groups is 1. The van der Waals surface area contributed by atoms with Gasteiger partial charge in [-0.2, -0.15) is 0 Å². The first kappa shape index (κ1) is 32.3. The molecule has 0 radical (unpaired) electrons. The lowest BCUT2D eigenvalue weighted by Crippen LogP contribution is -2.28.